The molecule has 0 fully saturated rings. The monoisotopic (exact) mass is 488 g/mol. The summed E-state index contributed by atoms with van der Waals surface area (Å²) in [6.07, 6.45) is 0. The molecule has 0 saturated carbocycles. The van der Waals surface area contributed by atoms with E-state index in [0.29, 0.717) is 6.54 Å². The standard InChI is InChI=1S/C18H22Br2N2O2S/c1-4-22(14(3)16-7-11-18(20)12-8-16)25(23,24)21-13(2)15-5-9-17(19)10-6-15/h5-14,21H,4H2,1-3H3. The van der Waals surface area contributed by atoms with Crippen LogP contribution in [0.4, 0.5) is 0 Å². The molecule has 0 radical (unpaired) electrons. The number of hydrogen-bond acceptors (Lipinski definition) is 2. The van der Waals surface area contributed by atoms with Crippen LogP contribution in [0.5, 0.6) is 0 Å². The first-order chi connectivity index (χ1) is 11.7. The van der Waals surface area contributed by atoms with Crippen LogP contribution in [-0.2, 0) is 10.2 Å². The normalized spacial score (nSPS) is 14.5. The summed E-state index contributed by atoms with van der Waals surface area (Å²) in [5.74, 6) is 0. The van der Waals surface area contributed by atoms with Crippen LogP contribution < -0.4 is 4.72 Å². The van der Waals surface area contributed by atoms with Crippen molar-refractivity contribution in [2.75, 3.05) is 6.54 Å². The second-order valence-electron chi connectivity index (χ2n) is 5.83. The Labute approximate surface area is 167 Å². The zero-order valence-corrected chi connectivity index (χ0v) is 18.4. The molecule has 0 heterocycles. The molecule has 0 spiro atoms. The lowest BCUT2D eigenvalue weighted by Gasteiger charge is -2.29. The predicted molar refractivity (Wildman–Crippen MR) is 110 cm³/mol. The second kappa shape index (κ2) is 8.77. The quantitative estimate of drug-likeness (QED) is 0.581. The van der Waals surface area contributed by atoms with Crippen molar-refractivity contribution in [3.05, 3.63) is 68.6 Å². The first-order valence-electron chi connectivity index (χ1n) is 8.04. The molecule has 4 nitrogen and oxygen atoms in total. The Morgan fingerprint density at radius 2 is 1.36 bits per heavy atom. The van der Waals surface area contributed by atoms with Crippen molar-refractivity contribution in [1.29, 1.82) is 0 Å². The zero-order valence-electron chi connectivity index (χ0n) is 14.4. The molecule has 2 rings (SSSR count). The van der Waals surface area contributed by atoms with Crippen LogP contribution in [0, 0.1) is 0 Å². The van der Waals surface area contributed by atoms with E-state index in [0.717, 1.165) is 20.1 Å². The van der Waals surface area contributed by atoms with Crippen molar-refractivity contribution in [2.24, 2.45) is 0 Å². The molecule has 0 bridgehead atoms. The van der Waals surface area contributed by atoms with Gasteiger partial charge in [-0.05, 0) is 49.2 Å². The lowest BCUT2D eigenvalue weighted by Crippen LogP contribution is -2.43. The maximum absolute atomic E-state index is 12.9. The second-order valence-corrected chi connectivity index (χ2v) is 9.31. The van der Waals surface area contributed by atoms with Crippen molar-refractivity contribution in [2.45, 2.75) is 32.9 Å². The molecule has 25 heavy (non-hydrogen) atoms. The Hall–Kier alpha value is -0.730. The van der Waals surface area contributed by atoms with Crippen molar-refractivity contribution in [1.82, 2.24) is 9.03 Å². The molecule has 136 valence electrons. The summed E-state index contributed by atoms with van der Waals surface area (Å²) in [6.45, 7) is 5.98. The van der Waals surface area contributed by atoms with Crippen molar-refractivity contribution in [3.63, 3.8) is 0 Å². The highest BCUT2D eigenvalue weighted by atomic mass is 79.9. The van der Waals surface area contributed by atoms with Gasteiger partial charge >= 0.3 is 0 Å². The number of nitrogens with one attached hydrogen (secondary N) is 1. The number of nitrogens with zero attached hydrogens (tertiary/aromatic N) is 1. The molecule has 0 amide bonds. The van der Waals surface area contributed by atoms with Gasteiger partial charge in [-0.15, -0.1) is 0 Å². The SMILES string of the molecule is CCN(C(C)c1ccc(Br)cc1)S(=O)(=O)NC(C)c1ccc(Br)cc1. The molecule has 7 heteroatoms. The van der Waals surface area contributed by atoms with E-state index in [2.05, 4.69) is 36.6 Å². The van der Waals surface area contributed by atoms with Gasteiger partial charge in [-0.2, -0.15) is 17.4 Å². The Balaban J connectivity index is 2.19. The van der Waals surface area contributed by atoms with Crippen LogP contribution in [0.15, 0.2) is 57.5 Å². The van der Waals surface area contributed by atoms with Gasteiger partial charge in [-0.3, -0.25) is 0 Å². The fourth-order valence-electron chi connectivity index (χ4n) is 2.67. The fraction of sp³-hybridized carbons (Fsp3) is 0.333. The molecule has 2 atom stereocenters. The van der Waals surface area contributed by atoms with E-state index in [4.69, 9.17) is 0 Å². The van der Waals surface area contributed by atoms with E-state index in [1.807, 2.05) is 69.3 Å². The molecule has 2 aromatic rings. The van der Waals surface area contributed by atoms with Crippen LogP contribution in [0.1, 0.15) is 44.0 Å². The molecule has 2 unspecified atom stereocenters. The van der Waals surface area contributed by atoms with Crippen LogP contribution in [-0.4, -0.2) is 19.3 Å². The third kappa shape index (κ3) is 5.37. The Morgan fingerprint density at radius 3 is 1.80 bits per heavy atom. The van der Waals surface area contributed by atoms with Crippen molar-refractivity contribution < 1.29 is 8.42 Å². The Bertz CT molecular complexity index is 793. The molecular formula is C18H22Br2N2O2S. The van der Waals surface area contributed by atoms with Gasteiger partial charge in [0.05, 0.1) is 0 Å². The van der Waals surface area contributed by atoms with E-state index in [1.165, 1.54) is 4.31 Å². The van der Waals surface area contributed by atoms with Crippen LogP contribution in [0.2, 0.25) is 0 Å². The topological polar surface area (TPSA) is 49.4 Å². The third-order valence-corrected chi connectivity index (χ3v) is 7.00. The summed E-state index contributed by atoms with van der Waals surface area (Å²) >= 11 is 6.79. The first kappa shape index (κ1) is 20.6. The molecule has 0 aliphatic rings. The van der Waals surface area contributed by atoms with Gasteiger partial charge in [0.2, 0.25) is 0 Å². The van der Waals surface area contributed by atoms with Crippen LogP contribution >= 0.6 is 31.9 Å². The lowest BCUT2D eigenvalue weighted by molar-refractivity contribution is 0.348. The van der Waals surface area contributed by atoms with Gasteiger partial charge in [0.25, 0.3) is 10.2 Å². The first-order valence-corrected chi connectivity index (χ1v) is 11.1. The number of hydrogen-bond donors (Lipinski definition) is 1. The minimum atomic E-state index is -3.63. The summed E-state index contributed by atoms with van der Waals surface area (Å²) in [4.78, 5) is 0. The van der Waals surface area contributed by atoms with Crippen LogP contribution in [0.3, 0.4) is 0 Å². The van der Waals surface area contributed by atoms with E-state index >= 15 is 0 Å². The lowest BCUT2D eigenvalue weighted by atomic mass is 10.1. The number of halogens is 2. The summed E-state index contributed by atoms with van der Waals surface area (Å²) in [5.41, 5.74) is 1.87. The molecular weight excluding hydrogens is 468 g/mol. The highest BCUT2D eigenvalue weighted by Gasteiger charge is 2.28. The third-order valence-electron chi connectivity index (χ3n) is 4.10. The highest BCUT2D eigenvalue weighted by Crippen LogP contribution is 2.25. The van der Waals surface area contributed by atoms with E-state index in [-0.39, 0.29) is 12.1 Å². The van der Waals surface area contributed by atoms with Gasteiger partial charge in [-0.25, -0.2) is 0 Å². The summed E-state index contributed by atoms with van der Waals surface area (Å²) in [5, 5.41) is 0. The van der Waals surface area contributed by atoms with E-state index in [9.17, 15) is 8.42 Å². The summed E-state index contributed by atoms with van der Waals surface area (Å²) in [7, 11) is -3.63. The van der Waals surface area contributed by atoms with E-state index < -0.39 is 10.2 Å². The zero-order chi connectivity index (χ0) is 18.6. The van der Waals surface area contributed by atoms with Gasteiger partial charge < -0.3 is 0 Å². The van der Waals surface area contributed by atoms with Crippen molar-refractivity contribution in [3.8, 4) is 0 Å². The van der Waals surface area contributed by atoms with Gasteiger partial charge in [-0.1, -0.05) is 63.0 Å². The smallest absolute Gasteiger partial charge is 0.195 e. The molecule has 0 aliphatic heterocycles. The molecule has 0 aliphatic carbocycles. The minimum absolute atomic E-state index is 0.257. The average molecular weight is 490 g/mol. The van der Waals surface area contributed by atoms with Crippen molar-refractivity contribution >= 4 is 42.1 Å². The predicted octanol–water partition coefficient (Wildman–Crippen LogP) is 5.19. The summed E-state index contributed by atoms with van der Waals surface area (Å²) in [6, 6.07) is 14.8. The molecule has 1 N–H and O–H groups in total. The van der Waals surface area contributed by atoms with Crippen LogP contribution in [0.25, 0.3) is 0 Å². The highest BCUT2D eigenvalue weighted by molar-refractivity contribution is 9.10. The number of benzene rings is 2. The Kier molecular flexibility index (Phi) is 7.22. The van der Waals surface area contributed by atoms with E-state index in [1.54, 1.807) is 0 Å². The van der Waals surface area contributed by atoms with Gasteiger partial charge in [0, 0.05) is 27.6 Å². The molecule has 2 aromatic carbocycles. The van der Waals surface area contributed by atoms with Gasteiger partial charge in [0.15, 0.2) is 0 Å². The minimum Gasteiger partial charge on any atom is -0.195 e. The molecule has 0 saturated heterocycles. The molecule has 0 aromatic heterocycles. The Morgan fingerprint density at radius 1 is 0.920 bits per heavy atom. The fourth-order valence-corrected chi connectivity index (χ4v) is 4.80. The summed E-state index contributed by atoms with van der Waals surface area (Å²) < 4.78 is 32.0. The maximum Gasteiger partial charge on any atom is 0.280 e. The maximum atomic E-state index is 12.9. The average Bonchev–Trinajstić information content (AvgIpc) is 2.55. The largest absolute Gasteiger partial charge is 0.280 e. The number of rotatable bonds is 7. The van der Waals surface area contributed by atoms with Gasteiger partial charge in [0.1, 0.15) is 0 Å².